The van der Waals surface area contributed by atoms with Crippen LogP contribution in [0.3, 0.4) is 0 Å². The number of aryl methyl sites for hydroxylation is 1. The smallest absolute Gasteiger partial charge is 0.170 e. The molecule has 2 heterocycles. The highest BCUT2D eigenvalue weighted by Crippen LogP contribution is 2.44. The fraction of sp³-hybridized carbons (Fsp3) is 0.433. The Kier molecular flexibility index (Phi) is 6.62. The van der Waals surface area contributed by atoms with Crippen LogP contribution in [0, 0.1) is 0 Å². The summed E-state index contributed by atoms with van der Waals surface area (Å²) < 4.78 is 12.9. The summed E-state index contributed by atoms with van der Waals surface area (Å²) in [6.45, 7) is 12.5. The lowest BCUT2D eigenvalue weighted by Crippen LogP contribution is -2.33. The van der Waals surface area contributed by atoms with Gasteiger partial charge in [0.2, 0.25) is 0 Å². The molecule has 34 heavy (non-hydrogen) atoms. The summed E-state index contributed by atoms with van der Waals surface area (Å²) in [6, 6.07) is 7.57. The van der Waals surface area contributed by atoms with Crippen LogP contribution in [0.25, 0.3) is 0 Å². The Hall–Kier alpha value is -3.01. The Bertz CT molecular complexity index is 1170. The number of ketones is 1. The number of Topliss-reactive ketones (excluding diaryl/α,β-unsaturated/α-hetero) is 1. The SMILES string of the molecule is CC(C)=CCc1cc([C@H]2CC(=O)c3ccc(O)c(CC=C(C)C)c3O2)cc2c1OC(C)(C)CC2. The third-order valence-electron chi connectivity index (χ3n) is 6.62. The van der Waals surface area contributed by atoms with Crippen molar-refractivity contribution in [3.63, 3.8) is 0 Å². The molecule has 2 aromatic carbocycles. The van der Waals surface area contributed by atoms with Gasteiger partial charge in [0.15, 0.2) is 5.78 Å². The lowest BCUT2D eigenvalue weighted by molar-refractivity contribution is 0.0823. The number of carbonyl (C=O) groups excluding carboxylic acids is 1. The highest BCUT2D eigenvalue weighted by Gasteiger charge is 2.33. The molecule has 0 radical (unpaired) electrons. The molecule has 2 aromatic rings. The van der Waals surface area contributed by atoms with Gasteiger partial charge < -0.3 is 14.6 Å². The van der Waals surface area contributed by atoms with Crippen molar-refractivity contribution in [2.24, 2.45) is 0 Å². The van der Waals surface area contributed by atoms with Crippen LogP contribution in [0.1, 0.15) is 93.1 Å². The molecule has 0 saturated heterocycles. The Balaban J connectivity index is 1.76. The van der Waals surface area contributed by atoms with Crippen LogP contribution in [-0.2, 0) is 19.3 Å². The van der Waals surface area contributed by atoms with E-state index in [4.69, 9.17) is 9.47 Å². The van der Waals surface area contributed by atoms with Crippen molar-refractivity contribution in [3.05, 3.63) is 75.4 Å². The van der Waals surface area contributed by atoms with Crippen LogP contribution in [0.2, 0.25) is 0 Å². The van der Waals surface area contributed by atoms with E-state index in [1.54, 1.807) is 12.1 Å². The molecule has 1 atom stereocenters. The molecule has 180 valence electrons. The van der Waals surface area contributed by atoms with E-state index >= 15 is 0 Å². The third-order valence-corrected chi connectivity index (χ3v) is 6.62. The van der Waals surface area contributed by atoms with Gasteiger partial charge in [0, 0.05) is 5.56 Å². The zero-order chi connectivity index (χ0) is 24.6. The number of phenols is 1. The molecule has 0 bridgehead atoms. The van der Waals surface area contributed by atoms with E-state index in [1.165, 1.54) is 11.1 Å². The van der Waals surface area contributed by atoms with Crippen LogP contribution < -0.4 is 9.47 Å². The van der Waals surface area contributed by atoms with Crippen molar-refractivity contribution in [3.8, 4) is 17.2 Å². The molecule has 4 heteroatoms. The number of phenolic OH excluding ortho intramolecular Hbond substituents is 1. The first-order chi connectivity index (χ1) is 16.0. The molecule has 0 aromatic heterocycles. The maximum absolute atomic E-state index is 13.1. The summed E-state index contributed by atoms with van der Waals surface area (Å²) in [5.41, 5.74) is 6.74. The number of hydrogen-bond acceptors (Lipinski definition) is 4. The van der Waals surface area contributed by atoms with Gasteiger partial charge in [-0.3, -0.25) is 4.79 Å². The predicted molar refractivity (Wildman–Crippen MR) is 136 cm³/mol. The maximum atomic E-state index is 13.1. The number of aromatic hydroxyl groups is 1. The quantitative estimate of drug-likeness (QED) is 0.479. The highest BCUT2D eigenvalue weighted by molar-refractivity contribution is 6.00. The minimum Gasteiger partial charge on any atom is -0.508 e. The minimum absolute atomic E-state index is 0.0469. The van der Waals surface area contributed by atoms with Crippen LogP contribution in [-0.4, -0.2) is 16.5 Å². The summed E-state index contributed by atoms with van der Waals surface area (Å²) in [5.74, 6) is 1.70. The number of hydrogen-bond donors (Lipinski definition) is 1. The fourth-order valence-corrected chi connectivity index (χ4v) is 4.64. The highest BCUT2D eigenvalue weighted by atomic mass is 16.5. The zero-order valence-corrected chi connectivity index (χ0v) is 21.2. The van der Waals surface area contributed by atoms with Crippen molar-refractivity contribution in [1.29, 1.82) is 0 Å². The summed E-state index contributed by atoms with van der Waals surface area (Å²) in [5, 5.41) is 10.6. The summed E-state index contributed by atoms with van der Waals surface area (Å²) in [7, 11) is 0. The van der Waals surface area contributed by atoms with Gasteiger partial charge in [-0.2, -0.15) is 0 Å². The van der Waals surface area contributed by atoms with Gasteiger partial charge in [0.25, 0.3) is 0 Å². The number of benzene rings is 2. The van der Waals surface area contributed by atoms with Crippen LogP contribution in [0.4, 0.5) is 0 Å². The van der Waals surface area contributed by atoms with Crippen molar-refractivity contribution in [2.45, 2.75) is 85.4 Å². The monoisotopic (exact) mass is 460 g/mol. The van der Waals surface area contributed by atoms with Gasteiger partial charge in [-0.15, -0.1) is 0 Å². The molecule has 0 amide bonds. The molecule has 4 rings (SSSR count). The van der Waals surface area contributed by atoms with E-state index in [0.29, 0.717) is 23.3 Å². The molecule has 0 fully saturated rings. The molecule has 1 N–H and O–H groups in total. The van der Waals surface area contributed by atoms with Crippen LogP contribution in [0.15, 0.2) is 47.6 Å². The molecule has 2 aliphatic rings. The lowest BCUT2D eigenvalue weighted by atomic mass is 9.87. The Morgan fingerprint density at radius 1 is 1.06 bits per heavy atom. The molecule has 0 saturated carbocycles. The van der Waals surface area contributed by atoms with Crippen molar-refractivity contribution in [2.75, 3.05) is 0 Å². The first-order valence-electron chi connectivity index (χ1n) is 12.2. The number of carbonyl (C=O) groups is 1. The van der Waals surface area contributed by atoms with Gasteiger partial charge in [-0.1, -0.05) is 23.3 Å². The molecule has 4 nitrogen and oxygen atoms in total. The molecule has 0 unspecified atom stereocenters. The first-order valence-corrected chi connectivity index (χ1v) is 12.2. The summed E-state index contributed by atoms with van der Waals surface area (Å²) in [4.78, 5) is 13.1. The first kappa shape index (κ1) is 24.1. The van der Waals surface area contributed by atoms with Crippen molar-refractivity contribution < 1.29 is 19.4 Å². The van der Waals surface area contributed by atoms with E-state index in [9.17, 15) is 9.90 Å². The second-order valence-corrected chi connectivity index (χ2v) is 10.7. The Labute approximate surface area is 203 Å². The molecular weight excluding hydrogens is 424 g/mol. The van der Waals surface area contributed by atoms with E-state index in [1.807, 2.05) is 19.9 Å². The van der Waals surface area contributed by atoms with Crippen molar-refractivity contribution in [1.82, 2.24) is 0 Å². The largest absolute Gasteiger partial charge is 0.508 e. The van der Waals surface area contributed by atoms with Gasteiger partial charge in [0.05, 0.1) is 12.0 Å². The topological polar surface area (TPSA) is 55.8 Å². The normalized spacial score (nSPS) is 18.2. The summed E-state index contributed by atoms with van der Waals surface area (Å²) >= 11 is 0. The second kappa shape index (κ2) is 9.32. The molecule has 0 spiro atoms. The number of ether oxygens (including phenoxy) is 2. The standard InChI is InChI=1S/C30H36O4/c1-18(2)7-9-20-15-22(16-21-13-14-30(5,6)34-28(20)21)27-17-26(32)24-11-12-25(31)23(29(24)33-27)10-8-19(3)4/h7-8,11-12,15-16,27,31H,9-10,13-14,17H2,1-6H3/t27-/m1/s1. The lowest BCUT2D eigenvalue weighted by Gasteiger charge is -2.35. The maximum Gasteiger partial charge on any atom is 0.170 e. The second-order valence-electron chi connectivity index (χ2n) is 10.7. The minimum atomic E-state index is -0.391. The molecule has 2 aliphatic heterocycles. The van der Waals surface area contributed by atoms with E-state index < -0.39 is 6.10 Å². The Morgan fingerprint density at radius 2 is 1.76 bits per heavy atom. The fourth-order valence-electron chi connectivity index (χ4n) is 4.64. The van der Waals surface area contributed by atoms with E-state index in [2.05, 4.69) is 45.9 Å². The van der Waals surface area contributed by atoms with Gasteiger partial charge in [-0.25, -0.2) is 0 Å². The van der Waals surface area contributed by atoms with E-state index in [-0.39, 0.29) is 23.6 Å². The molecular formula is C30H36O4. The number of allylic oxidation sites excluding steroid dienone is 4. The number of fused-ring (bicyclic) bond motifs is 2. The predicted octanol–water partition coefficient (Wildman–Crippen LogP) is 7.22. The van der Waals surface area contributed by atoms with E-state index in [0.717, 1.165) is 41.7 Å². The van der Waals surface area contributed by atoms with Crippen molar-refractivity contribution >= 4 is 5.78 Å². The van der Waals surface area contributed by atoms with Crippen LogP contribution in [0.5, 0.6) is 17.2 Å². The third kappa shape index (κ3) is 5.06. The van der Waals surface area contributed by atoms with Gasteiger partial charge in [-0.05, 0) is 108 Å². The zero-order valence-electron chi connectivity index (χ0n) is 21.2. The summed E-state index contributed by atoms with van der Waals surface area (Å²) in [6.07, 6.45) is 7.33. The van der Waals surface area contributed by atoms with Crippen LogP contribution >= 0.6 is 0 Å². The number of rotatable bonds is 5. The van der Waals surface area contributed by atoms with Gasteiger partial charge in [0.1, 0.15) is 29.0 Å². The molecule has 0 aliphatic carbocycles. The Morgan fingerprint density at radius 3 is 2.47 bits per heavy atom. The average Bonchev–Trinajstić information content (AvgIpc) is 2.75. The van der Waals surface area contributed by atoms with Gasteiger partial charge >= 0.3 is 0 Å². The average molecular weight is 461 g/mol.